The smallest absolute Gasteiger partial charge is 0.322 e. The van der Waals surface area contributed by atoms with E-state index in [-0.39, 0.29) is 16.9 Å². The number of nitro benzene ring substituents is 1. The highest BCUT2D eigenvalue weighted by Gasteiger charge is 2.14. The Labute approximate surface area is 90.1 Å². The Morgan fingerprint density at radius 1 is 1.62 bits per heavy atom. The van der Waals surface area contributed by atoms with Crippen LogP contribution in [0.2, 0.25) is 0 Å². The minimum Gasteiger partial charge on any atom is -0.480 e. The molecule has 0 amide bonds. The third-order valence-electron chi connectivity index (χ3n) is 1.75. The minimum atomic E-state index is -1.13. The maximum absolute atomic E-state index is 10.6. The standard InChI is InChI=1S/C9H7N3O4/c10-4-6-1-2-7(11-5-9(13)14)8(3-6)12(15)16/h1-3,11H,5H2,(H,13,14). The average Bonchev–Trinajstić information content (AvgIpc) is 2.25. The predicted molar refractivity (Wildman–Crippen MR) is 53.9 cm³/mol. The van der Waals surface area contributed by atoms with Gasteiger partial charge in [0.05, 0.1) is 16.6 Å². The van der Waals surface area contributed by atoms with E-state index in [1.807, 2.05) is 0 Å². The van der Waals surface area contributed by atoms with Gasteiger partial charge in [-0.05, 0) is 12.1 Å². The van der Waals surface area contributed by atoms with Crippen LogP contribution in [0.3, 0.4) is 0 Å². The predicted octanol–water partition coefficient (Wildman–Crippen LogP) is 0.963. The number of nitrogens with one attached hydrogen (secondary N) is 1. The summed E-state index contributed by atoms with van der Waals surface area (Å²) in [4.78, 5) is 20.3. The Kier molecular flexibility index (Phi) is 3.40. The molecule has 0 atom stereocenters. The van der Waals surface area contributed by atoms with Crippen LogP contribution in [0.4, 0.5) is 11.4 Å². The lowest BCUT2D eigenvalue weighted by Gasteiger charge is -2.04. The van der Waals surface area contributed by atoms with Crippen LogP contribution in [0.1, 0.15) is 5.56 Å². The first kappa shape index (κ1) is 11.5. The molecule has 0 fully saturated rings. The molecule has 0 radical (unpaired) electrons. The van der Waals surface area contributed by atoms with Gasteiger partial charge < -0.3 is 10.4 Å². The summed E-state index contributed by atoms with van der Waals surface area (Å²) in [7, 11) is 0. The van der Waals surface area contributed by atoms with E-state index in [0.717, 1.165) is 6.07 Å². The summed E-state index contributed by atoms with van der Waals surface area (Å²) in [6, 6.07) is 5.53. The first-order valence-electron chi connectivity index (χ1n) is 4.19. The zero-order valence-electron chi connectivity index (χ0n) is 8.01. The normalized spacial score (nSPS) is 9.19. The fraction of sp³-hybridized carbons (Fsp3) is 0.111. The van der Waals surface area contributed by atoms with Crippen molar-refractivity contribution in [3.8, 4) is 6.07 Å². The molecular formula is C9H7N3O4. The molecule has 0 saturated heterocycles. The number of aliphatic carboxylic acids is 1. The van der Waals surface area contributed by atoms with Crippen LogP contribution in [0.15, 0.2) is 18.2 Å². The van der Waals surface area contributed by atoms with Gasteiger partial charge in [-0.1, -0.05) is 0 Å². The molecule has 0 spiro atoms. The molecule has 0 bridgehead atoms. The van der Waals surface area contributed by atoms with Gasteiger partial charge in [-0.15, -0.1) is 0 Å². The quantitative estimate of drug-likeness (QED) is 0.577. The largest absolute Gasteiger partial charge is 0.480 e. The van der Waals surface area contributed by atoms with Crippen molar-refractivity contribution >= 4 is 17.3 Å². The third kappa shape index (κ3) is 2.68. The number of rotatable bonds is 4. The van der Waals surface area contributed by atoms with Gasteiger partial charge in [-0.2, -0.15) is 5.26 Å². The topological polar surface area (TPSA) is 116 Å². The molecule has 0 aromatic heterocycles. The summed E-state index contributed by atoms with van der Waals surface area (Å²) in [6.45, 7) is -0.424. The maximum atomic E-state index is 10.6. The monoisotopic (exact) mass is 221 g/mol. The van der Waals surface area contributed by atoms with Crippen molar-refractivity contribution in [2.75, 3.05) is 11.9 Å². The number of benzene rings is 1. The Morgan fingerprint density at radius 2 is 2.31 bits per heavy atom. The second kappa shape index (κ2) is 4.75. The first-order chi connectivity index (χ1) is 7.54. The Hall–Kier alpha value is -2.62. The molecular weight excluding hydrogens is 214 g/mol. The highest BCUT2D eigenvalue weighted by Crippen LogP contribution is 2.24. The minimum absolute atomic E-state index is 0.0754. The van der Waals surface area contributed by atoms with Crippen LogP contribution in [0.5, 0.6) is 0 Å². The van der Waals surface area contributed by atoms with Crippen molar-refractivity contribution in [3.63, 3.8) is 0 Å². The molecule has 7 nitrogen and oxygen atoms in total. The molecule has 1 aromatic rings. The van der Waals surface area contributed by atoms with Crippen LogP contribution < -0.4 is 5.32 Å². The third-order valence-corrected chi connectivity index (χ3v) is 1.75. The number of carbonyl (C=O) groups is 1. The van der Waals surface area contributed by atoms with Gasteiger partial charge in [0.25, 0.3) is 5.69 Å². The second-order valence-electron chi connectivity index (χ2n) is 2.85. The van der Waals surface area contributed by atoms with Gasteiger partial charge in [0, 0.05) is 6.07 Å². The Morgan fingerprint density at radius 3 is 2.81 bits per heavy atom. The second-order valence-corrected chi connectivity index (χ2v) is 2.85. The number of hydrogen-bond acceptors (Lipinski definition) is 5. The van der Waals surface area contributed by atoms with Crippen LogP contribution >= 0.6 is 0 Å². The van der Waals surface area contributed by atoms with Gasteiger partial charge in [-0.3, -0.25) is 14.9 Å². The first-order valence-corrected chi connectivity index (χ1v) is 4.19. The number of nitrogens with zero attached hydrogens (tertiary/aromatic N) is 2. The summed E-state index contributed by atoms with van der Waals surface area (Å²) in [5.41, 5.74) is -0.0979. The van der Waals surface area contributed by atoms with Gasteiger partial charge in [0.1, 0.15) is 12.2 Å². The lowest BCUT2D eigenvalue weighted by Crippen LogP contribution is -2.13. The van der Waals surface area contributed by atoms with E-state index in [1.165, 1.54) is 12.1 Å². The van der Waals surface area contributed by atoms with E-state index in [2.05, 4.69) is 5.32 Å². The molecule has 0 saturated carbocycles. The van der Waals surface area contributed by atoms with Gasteiger partial charge in [0.2, 0.25) is 0 Å². The summed E-state index contributed by atoms with van der Waals surface area (Å²) < 4.78 is 0. The Bertz CT molecular complexity index is 478. The SMILES string of the molecule is N#Cc1ccc(NCC(=O)O)c([N+](=O)[O-])c1. The van der Waals surface area contributed by atoms with E-state index in [0.29, 0.717) is 0 Å². The van der Waals surface area contributed by atoms with Gasteiger partial charge >= 0.3 is 5.97 Å². The molecule has 7 heteroatoms. The highest BCUT2D eigenvalue weighted by atomic mass is 16.6. The van der Waals surface area contributed by atoms with Gasteiger partial charge in [0.15, 0.2) is 0 Å². The maximum Gasteiger partial charge on any atom is 0.322 e. The van der Waals surface area contributed by atoms with Crippen LogP contribution in [0, 0.1) is 21.4 Å². The van der Waals surface area contributed by atoms with Crippen LogP contribution in [0.25, 0.3) is 0 Å². The van der Waals surface area contributed by atoms with Crippen LogP contribution in [-0.2, 0) is 4.79 Å². The molecule has 0 aliphatic heterocycles. The highest BCUT2D eigenvalue weighted by molar-refractivity contribution is 5.75. The van der Waals surface area contributed by atoms with Crippen LogP contribution in [-0.4, -0.2) is 22.5 Å². The fourth-order valence-electron chi connectivity index (χ4n) is 1.07. The van der Waals surface area contributed by atoms with Crippen molar-refractivity contribution in [2.24, 2.45) is 0 Å². The number of nitro groups is 1. The molecule has 2 N–H and O–H groups in total. The summed E-state index contributed by atoms with van der Waals surface area (Å²) in [5.74, 6) is -1.13. The van der Waals surface area contributed by atoms with E-state index in [4.69, 9.17) is 10.4 Å². The molecule has 16 heavy (non-hydrogen) atoms. The molecule has 0 aliphatic rings. The van der Waals surface area contributed by atoms with E-state index in [9.17, 15) is 14.9 Å². The molecule has 0 unspecified atom stereocenters. The lowest BCUT2D eigenvalue weighted by atomic mass is 10.2. The summed E-state index contributed by atoms with van der Waals surface area (Å²) in [6.07, 6.45) is 0. The Balaban J connectivity index is 3.04. The van der Waals surface area contributed by atoms with Crippen molar-refractivity contribution < 1.29 is 14.8 Å². The van der Waals surface area contributed by atoms with Crippen molar-refractivity contribution in [1.82, 2.24) is 0 Å². The average molecular weight is 221 g/mol. The van der Waals surface area contributed by atoms with Crippen molar-refractivity contribution in [1.29, 1.82) is 5.26 Å². The molecule has 82 valence electrons. The number of hydrogen-bond donors (Lipinski definition) is 2. The van der Waals surface area contributed by atoms with Gasteiger partial charge in [-0.25, -0.2) is 0 Å². The molecule has 1 rings (SSSR count). The number of anilines is 1. The van der Waals surface area contributed by atoms with E-state index < -0.39 is 17.4 Å². The van der Waals surface area contributed by atoms with E-state index in [1.54, 1.807) is 6.07 Å². The molecule has 0 heterocycles. The zero-order valence-corrected chi connectivity index (χ0v) is 8.01. The van der Waals surface area contributed by atoms with E-state index >= 15 is 0 Å². The number of carboxylic acid groups (broad SMARTS) is 1. The zero-order chi connectivity index (χ0) is 12.1. The lowest BCUT2D eigenvalue weighted by molar-refractivity contribution is -0.384. The summed E-state index contributed by atoms with van der Waals surface area (Å²) in [5, 5.41) is 30.0. The molecule has 0 aliphatic carbocycles. The van der Waals surface area contributed by atoms with Crippen molar-refractivity contribution in [3.05, 3.63) is 33.9 Å². The number of nitriles is 1. The molecule has 1 aromatic carbocycles. The fourth-order valence-corrected chi connectivity index (χ4v) is 1.07. The number of carboxylic acids is 1. The summed E-state index contributed by atoms with van der Waals surface area (Å²) >= 11 is 0. The van der Waals surface area contributed by atoms with Crippen molar-refractivity contribution in [2.45, 2.75) is 0 Å².